The summed E-state index contributed by atoms with van der Waals surface area (Å²) in [5.41, 5.74) is 1.69. The smallest absolute Gasteiger partial charge is 0.146 e. The first kappa shape index (κ1) is 11.0. The number of rotatable bonds is 3. The highest BCUT2D eigenvalue weighted by molar-refractivity contribution is 5.52. The molecule has 2 nitrogen and oxygen atoms in total. The average molecular weight is 234 g/mol. The molecule has 1 N–H and O–H groups in total. The maximum absolute atomic E-state index is 13.7. The minimum Gasteiger partial charge on any atom is -0.378 e. The van der Waals surface area contributed by atoms with Gasteiger partial charge in [0.05, 0.1) is 5.69 Å². The van der Waals surface area contributed by atoms with Gasteiger partial charge in [-0.05, 0) is 37.8 Å². The van der Waals surface area contributed by atoms with Crippen LogP contribution in [0.15, 0.2) is 18.2 Å². The van der Waals surface area contributed by atoms with Crippen LogP contribution >= 0.6 is 0 Å². The van der Waals surface area contributed by atoms with E-state index in [1.165, 1.54) is 18.9 Å². The second kappa shape index (κ2) is 4.30. The Labute approximate surface area is 102 Å². The first-order chi connectivity index (χ1) is 8.24. The first-order valence-corrected chi connectivity index (χ1v) is 6.50. The molecule has 1 saturated carbocycles. The topological polar surface area (TPSA) is 15.3 Å². The maximum atomic E-state index is 13.7. The van der Waals surface area contributed by atoms with Crippen LogP contribution in [0.1, 0.15) is 24.8 Å². The Morgan fingerprint density at radius 2 is 2.12 bits per heavy atom. The van der Waals surface area contributed by atoms with Crippen LogP contribution in [-0.4, -0.2) is 30.1 Å². The summed E-state index contributed by atoms with van der Waals surface area (Å²) in [4.78, 5) is 2.54. The van der Waals surface area contributed by atoms with Crippen LogP contribution in [-0.2, 0) is 0 Å². The molecular formula is C14H19FN2. The summed E-state index contributed by atoms with van der Waals surface area (Å²) in [6.07, 6.45) is 3.83. The number of benzene rings is 1. The molecule has 1 aromatic rings. The lowest BCUT2D eigenvalue weighted by atomic mass is 10.1. The highest BCUT2D eigenvalue weighted by Crippen LogP contribution is 2.31. The molecule has 3 rings (SSSR count). The Morgan fingerprint density at radius 3 is 2.82 bits per heavy atom. The summed E-state index contributed by atoms with van der Waals surface area (Å²) in [5.74, 6) is -0.130. The van der Waals surface area contributed by atoms with E-state index in [-0.39, 0.29) is 5.82 Å². The third-order valence-electron chi connectivity index (χ3n) is 3.85. The van der Waals surface area contributed by atoms with Gasteiger partial charge in [0, 0.05) is 25.2 Å². The van der Waals surface area contributed by atoms with E-state index in [0.29, 0.717) is 11.7 Å². The third-order valence-corrected chi connectivity index (χ3v) is 3.85. The number of para-hydroxylation sites is 1. The summed E-state index contributed by atoms with van der Waals surface area (Å²) in [7, 11) is 0. The van der Waals surface area contributed by atoms with Crippen molar-refractivity contribution in [3.05, 3.63) is 29.6 Å². The Bertz CT molecular complexity index is 394. The van der Waals surface area contributed by atoms with Gasteiger partial charge >= 0.3 is 0 Å². The standard InChI is InChI=1S/C14H19FN2/c1-10-3-2-4-13(15)14(10)16-11-7-8-17(9-11)12-5-6-12/h2-4,11-12,16H,5-9H2,1H3. The first-order valence-electron chi connectivity index (χ1n) is 6.50. The van der Waals surface area contributed by atoms with Gasteiger partial charge in [-0.2, -0.15) is 0 Å². The Kier molecular flexibility index (Phi) is 2.79. The van der Waals surface area contributed by atoms with E-state index in [9.17, 15) is 4.39 Å². The molecule has 1 unspecified atom stereocenters. The number of likely N-dealkylation sites (tertiary alicyclic amines) is 1. The predicted octanol–water partition coefficient (Wildman–Crippen LogP) is 2.78. The number of nitrogens with zero attached hydrogens (tertiary/aromatic N) is 1. The van der Waals surface area contributed by atoms with Crippen LogP contribution in [0.25, 0.3) is 0 Å². The van der Waals surface area contributed by atoms with Crippen LogP contribution in [0.4, 0.5) is 10.1 Å². The monoisotopic (exact) mass is 234 g/mol. The van der Waals surface area contributed by atoms with Crippen LogP contribution in [0, 0.1) is 12.7 Å². The molecule has 0 spiro atoms. The minimum absolute atomic E-state index is 0.130. The van der Waals surface area contributed by atoms with Crippen LogP contribution in [0.5, 0.6) is 0 Å². The summed E-state index contributed by atoms with van der Waals surface area (Å²) >= 11 is 0. The predicted molar refractivity (Wildman–Crippen MR) is 67.8 cm³/mol. The summed E-state index contributed by atoms with van der Waals surface area (Å²) in [5, 5.41) is 3.37. The van der Waals surface area contributed by atoms with Crippen molar-refractivity contribution < 1.29 is 4.39 Å². The van der Waals surface area contributed by atoms with E-state index in [0.717, 1.165) is 31.1 Å². The lowest BCUT2D eigenvalue weighted by molar-refractivity contribution is 0.326. The molecule has 1 heterocycles. The van der Waals surface area contributed by atoms with E-state index >= 15 is 0 Å². The largest absolute Gasteiger partial charge is 0.378 e. The molecule has 0 aromatic heterocycles. The molecule has 1 atom stereocenters. The SMILES string of the molecule is Cc1cccc(F)c1NC1CCN(C2CC2)C1. The molecule has 2 aliphatic rings. The molecule has 2 fully saturated rings. The molecular weight excluding hydrogens is 215 g/mol. The summed E-state index contributed by atoms with van der Waals surface area (Å²) < 4.78 is 13.7. The number of anilines is 1. The lowest BCUT2D eigenvalue weighted by Crippen LogP contribution is -2.28. The quantitative estimate of drug-likeness (QED) is 0.865. The number of hydrogen-bond acceptors (Lipinski definition) is 2. The minimum atomic E-state index is -0.130. The number of halogens is 1. The van der Waals surface area contributed by atoms with Crippen molar-refractivity contribution in [2.75, 3.05) is 18.4 Å². The molecule has 0 radical (unpaired) electrons. The molecule has 0 bridgehead atoms. The average Bonchev–Trinajstić information content (AvgIpc) is 3.05. The second-order valence-electron chi connectivity index (χ2n) is 5.29. The molecule has 1 aromatic carbocycles. The van der Waals surface area contributed by atoms with E-state index in [1.54, 1.807) is 6.07 Å². The van der Waals surface area contributed by atoms with Gasteiger partial charge in [0.15, 0.2) is 0 Å². The Hall–Kier alpha value is -1.09. The lowest BCUT2D eigenvalue weighted by Gasteiger charge is -2.18. The normalized spacial score (nSPS) is 25.2. The van der Waals surface area contributed by atoms with Gasteiger partial charge in [-0.1, -0.05) is 12.1 Å². The zero-order chi connectivity index (χ0) is 11.8. The van der Waals surface area contributed by atoms with Gasteiger partial charge < -0.3 is 5.32 Å². The van der Waals surface area contributed by atoms with E-state index in [2.05, 4.69) is 10.2 Å². The maximum Gasteiger partial charge on any atom is 0.146 e. The number of hydrogen-bond donors (Lipinski definition) is 1. The highest BCUT2D eigenvalue weighted by Gasteiger charge is 2.34. The second-order valence-corrected chi connectivity index (χ2v) is 5.29. The van der Waals surface area contributed by atoms with Crippen molar-refractivity contribution in [1.29, 1.82) is 0 Å². The fraction of sp³-hybridized carbons (Fsp3) is 0.571. The molecule has 1 aliphatic carbocycles. The van der Waals surface area contributed by atoms with E-state index < -0.39 is 0 Å². The summed E-state index contributed by atoms with van der Waals surface area (Å²) in [6, 6.07) is 6.48. The van der Waals surface area contributed by atoms with E-state index in [1.807, 2.05) is 13.0 Å². The van der Waals surface area contributed by atoms with Gasteiger partial charge in [0.1, 0.15) is 5.82 Å². The van der Waals surface area contributed by atoms with Crippen LogP contribution < -0.4 is 5.32 Å². The molecule has 1 aliphatic heterocycles. The van der Waals surface area contributed by atoms with Crippen molar-refractivity contribution in [2.45, 2.75) is 38.3 Å². The van der Waals surface area contributed by atoms with Crippen molar-refractivity contribution >= 4 is 5.69 Å². The highest BCUT2D eigenvalue weighted by atomic mass is 19.1. The van der Waals surface area contributed by atoms with Gasteiger partial charge in [-0.25, -0.2) is 4.39 Å². The summed E-state index contributed by atoms with van der Waals surface area (Å²) in [6.45, 7) is 4.19. The number of nitrogens with one attached hydrogen (secondary N) is 1. The Morgan fingerprint density at radius 1 is 1.29 bits per heavy atom. The zero-order valence-corrected chi connectivity index (χ0v) is 10.2. The van der Waals surface area contributed by atoms with Gasteiger partial charge in [0.2, 0.25) is 0 Å². The van der Waals surface area contributed by atoms with Crippen molar-refractivity contribution in [2.24, 2.45) is 0 Å². The molecule has 3 heteroatoms. The molecule has 1 saturated heterocycles. The Balaban J connectivity index is 1.67. The van der Waals surface area contributed by atoms with Crippen LogP contribution in [0.3, 0.4) is 0 Å². The third kappa shape index (κ3) is 2.29. The van der Waals surface area contributed by atoms with Crippen molar-refractivity contribution in [3.8, 4) is 0 Å². The molecule has 92 valence electrons. The van der Waals surface area contributed by atoms with Gasteiger partial charge in [-0.3, -0.25) is 4.90 Å². The molecule has 0 amide bonds. The van der Waals surface area contributed by atoms with Gasteiger partial charge in [-0.15, -0.1) is 0 Å². The fourth-order valence-electron chi connectivity index (χ4n) is 2.70. The zero-order valence-electron chi connectivity index (χ0n) is 10.2. The van der Waals surface area contributed by atoms with Crippen LogP contribution in [0.2, 0.25) is 0 Å². The number of aryl methyl sites for hydroxylation is 1. The van der Waals surface area contributed by atoms with Gasteiger partial charge in [0.25, 0.3) is 0 Å². The van der Waals surface area contributed by atoms with Crippen molar-refractivity contribution in [3.63, 3.8) is 0 Å². The molecule has 17 heavy (non-hydrogen) atoms. The van der Waals surface area contributed by atoms with Crippen molar-refractivity contribution in [1.82, 2.24) is 4.90 Å². The van der Waals surface area contributed by atoms with E-state index in [4.69, 9.17) is 0 Å². The fourth-order valence-corrected chi connectivity index (χ4v) is 2.70.